The minimum Gasteiger partial charge on any atom is -0.466 e. The van der Waals surface area contributed by atoms with E-state index >= 15 is 0 Å². The number of fused-ring (bicyclic) bond motifs is 1. The fourth-order valence-electron chi connectivity index (χ4n) is 1.54. The summed E-state index contributed by atoms with van der Waals surface area (Å²) in [6.45, 7) is 1.97. The number of aromatic nitrogens is 1. The molecule has 102 valence electrons. The molecule has 0 saturated heterocycles. The van der Waals surface area contributed by atoms with E-state index in [0.29, 0.717) is 11.1 Å². The molecule has 1 aromatic heterocycles. The van der Waals surface area contributed by atoms with E-state index in [-0.39, 0.29) is 23.8 Å². The average molecular weight is 284 g/mol. The van der Waals surface area contributed by atoms with Crippen LogP contribution in [-0.4, -0.2) is 26.0 Å². The van der Waals surface area contributed by atoms with Crippen molar-refractivity contribution >= 4 is 27.1 Å². The number of rotatable bonds is 4. The fraction of sp³-hybridized carbons (Fsp3) is 0.273. The van der Waals surface area contributed by atoms with E-state index < -0.39 is 16.0 Å². The van der Waals surface area contributed by atoms with Gasteiger partial charge in [-0.2, -0.15) is 0 Å². The lowest BCUT2D eigenvalue weighted by Gasteiger charge is -1.96. The highest BCUT2D eigenvalue weighted by Gasteiger charge is 2.14. The van der Waals surface area contributed by atoms with Gasteiger partial charge in [-0.25, -0.2) is 18.5 Å². The van der Waals surface area contributed by atoms with Crippen LogP contribution in [0.3, 0.4) is 0 Å². The molecule has 0 aliphatic carbocycles. The van der Waals surface area contributed by atoms with Crippen molar-refractivity contribution in [1.82, 2.24) is 4.98 Å². The molecule has 2 aromatic rings. The molecular weight excluding hydrogens is 272 g/mol. The van der Waals surface area contributed by atoms with Crippen molar-refractivity contribution in [1.29, 1.82) is 0 Å². The Labute approximate surface area is 109 Å². The van der Waals surface area contributed by atoms with Crippen molar-refractivity contribution in [2.75, 3.05) is 6.61 Å². The summed E-state index contributed by atoms with van der Waals surface area (Å²) in [4.78, 5) is 15.2. The van der Waals surface area contributed by atoms with Crippen LogP contribution in [0.15, 0.2) is 27.5 Å². The van der Waals surface area contributed by atoms with Gasteiger partial charge in [-0.1, -0.05) is 0 Å². The predicted molar refractivity (Wildman–Crippen MR) is 65.7 cm³/mol. The Morgan fingerprint density at radius 1 is 1.47 bits per heavy atom. The van der Waals surface area contributed by atoms with E-state index in [4.69, 9.17) is 14.3 Å². The normalized spacial score (nSPS) is 11.7. The molecule has 0 amide bonds. The van der Waals surface area contributed by atoms with Gasteiger partial charge in [-0.15, -0.1) is 0 Å². The lowest BCUT2D eigenvalue weighted by atomic mass is 10.3. The zero-order valence-electron chi connectivity index (χ0n) is 10.1. The van der Waals surface area contributed by atoms with E-state index in [1.807, 2.05) is 0 Å². The average Bonchev–Trinajstić information content (AvgIpc) is 2.68. The first-order valence-corrected chi connectivity index (χ1v) is 7.02. The Hall–Kier alpha value is -1.93. The highest BCUT2D eigenvalue weighted by atomic mass is 32.2. The Morgan fingerprint density at radius 2 is 2.21 bits per heavy atom. The molecule has 7 nitrogen and oxygen atoms in total. The first kappa shape index (κ1) is 13.5. The first-order valence-electron chi connectivity index (χ1n) is 5.48. The molecule has 0 radical (unpaired) electrons. The molecule has 0 bridgehead atoms. The molecule has 2 rings (SSSR count). The van der Waals surface area contributed by atoms with Crippen molar-refractivity contribution in [3.8, 4) is 0 Å². The summed E-state index contributed by atoms with van der Waals surface area (Å²) in [5.41, 5.74) is 0.706. The molecule has 0 atom stereocenters. The van der Waals surface area contributed by atoms with Crippen LogP contribution >= 0.6 is 0 Å². The van der Waals surface area contributed by atoms with Gasteiger partial charge in [0.05, 0.1) is 11.5 Å². The van der Waals surface area contributed by atoms with Gasteiger partial charge >= 0.3 is 5.97 Å². The van der Waals surface area contributed by atoms with Crippen LogP contribution in [0.5, 0.6) is 0 Å². The number of nitrogens with zero attached hydrogens (tertiary/aromatic N) is 1. The third-order valence-corrected chi connectivity index (χ3v) is 3.24. The highest BCUT2D eigenvalue weighted by molar-refractivity contribution is 7.89. The summed E-state index contributed by atoms with van der Waals surface area (Å²) in [5, 5.41) is 5.01. The number of nitrogens with two attached hydrogens (primary N) is 1. The van der Waals surface area contributed by atoms with Crippen molar-refractivity contribution in [2.45, 2.75) is 18.2 Å². The monoisotopic (exact) mass is 284 g/mol. The Bertz CT molecular complexity index is 720. The molecule has 0 aliphatic heterocycles. The van der Waals surface area contributed by atoms with Crippen molar-refractivity contribution in [3.05, 3.63) is 24.1 Å². The van der Waals surface area contributed by atoms with Crippen LogP contribution in [0.2, 0.25) is 0 Å². The Morgan fingerprint density at radius 3 is 2.84 bits per heavy atom. The molecule has 19 heavy (non-hydrogen) atoms. The maximum atomic E-state index is 11.3. The quantitative estimate of drug-likeness (QED) is 0.822. The van der Waals surface area contributed by atoms with Gasteiger partial charge < -0.3 is 9.15 Å². The van der Waals surface area contributed by atoms with Gasteiger partial charge in [0.1, 0.15) is 11.9 Å². The SMILES string of the molecule is CCOC(=O)Cc1nc2cc(S(N)(=O)=O)ccc2o1. The van der Waals surface area contributed by atoms with Gasteiger partial charge in [-0.3, -0.25) is 4.79 Å². The molecule has 0 saturated carbocycles. The molecule has 0 spiro atoms. The van der Waals surface area contributed by atoms with Crippen LogP contribution in [0, 0.1) is 0 Å². The number of esters is 1. The van der Waals surface area contributed by atoms with Gasteiger partial charge in [-0.05, 0) is 25.1 Å². The lowest BCUT2D eigenvalue weighted by molar-refractivity contribution is -0.142. The number of hydrogen-bond acceptors (Lipinski definition) is 6. The number of primary sulfonamides is 1. The Balaban J connectivity index is 2.33. The maximum Gasteiger partial charge on any atom is 0.315 e. The Kier molecular flexibility index (Phi) is 3.54. The third kappa shape index (κ3) is 3.09. The number of oxazole rings is 1. The van der Waals surface area contributed by atoms with Gasteiger partial charge in [0.15, 0.2) is 5.58 Å². The fourth-order valence-corrected chi connectivity index (χ4v) is 2.08. The van der Waals surface area contributed by atoms with E-state index in [1.54, 1.807) is 6.92 Å². The summed E-state index contributed by atoms with van der Waals surface area (Å²) in [6, 6.07) is 4.05. The molecule has 1 aromatic carbocycles. The summed E-state index contributed by atoms with van der Waals surface area (Å²) in [5.74, 6) is -0.291. The first-order chi connectivity index (χ1) is 8.90. The smallest absolute Gasteiger partial charge is 0.315 e. The molecule has 8 heteroatoms. The minimum absolute atomic E-state index is 0.0593. The summed E-state index contributed by atoms with van der Waals surface area (Å²) < 4.78 is 32.5. The molecule has 0 unspecified atom stereocenters. The summed E-state index contributed by atoms with van der Waals surface area (Å²) in [6.07, 6.45) is -0.104. The number of sulfonamides is 1. The second-order valence-corrected chi connectivity index (χ2v) is 5.33. The van der Waals surface area contributed by atoms with Crippen LogP contribution in [0.25, 0.3) is 11.1 Å². The number of hydrogen-bond donors (Lipinski definition) is 1. The van der Waals surface area contributed by atoms with E-state index in [2.05, 4.69) is 4.98 Å². The van der Waals surface area contributed by atoms with Gasteiger partial charge in [0, 0.05) is 0 Å². The van der Waals surface area contributed by atoms with Crippen LogP contribution in [-0.2, 0) is 26.0 Å². The lowest BCUT2D eigenvalue weighted by Crippen LogP contribution is -2.11. The molecule has 1 heterocycles. The van der Waals surface area contributed by atoms with Crippen LogP contribution in [0.1, 0.15) is 12.8 Å². The van der Waals surface area contributed by atoms with Gasteiger partial charge in [0.2, 0.25) is 15.9 Å². The summed E-state index contributed by atoms with van der Waals surface area (Å²) >= 11 is 0. The van der Waals surface area contributed by atoms with Gasteiger partial charge in [0.25, 0.3) is 0 Å². The van der Waals surface area contributed by atoms with E-state index in [9.17, 15) is 13.2 Å². The van der Waals surface area contributed by atoms with Crippen molar-refractivity contribution in [3.63, 3.8) is 0 Å². The number of ether oxygens (including phenoxy) is 1. The second-order valence-electron chi connectivity index (χ2n) is 3.76. The zero-order valence-corrected chi connectivity index (χ0v) is 10.9. The second kappa shape index (κ2) is 4.98. The summed E-state index contributed by atoms with van der Waals surface area (Å²) in [7, 11) is -3.79. The minimum atomic E-state index is -3.79. The molecule has 0 aliphatic rings. The van der Waals surface area contributed by atoms with Crippen LogP contribution in [0.4, 0.5) is 0 Å². The number of carbonyl (C=O) groups is 1. The van der Waals surface area contributed by atoms with Crippen molar-refractivity contribution in [2.24, 2.45) is 5.14 Å². The highest BCUT2D eigenvalue weighted by Crippen LogP contribution is 2.19. The van der Waals surface area contributed by atoms with Crippen molar-refractivity contribution < 1.29 is 22.4 Å². The standard InChI is InChI=1S/C11H12N2O5S/c1-2-17-11(14)6-10-13-8-5-7(19(12,15)16)3-4-9(8)18-10/h3-5H,2,6H2,1H3,(H2,12,15,16). The maximum absolute atomic E-state index is 11.3. The zero-order chi connectivity index (χ0) is 14.0. The number of benzene rings is 1. The number of carbonyl (C=O) groups excluding carboxylic acids is 1. The molecular formula is C11H12N2O5S. The molecule has 0 fully saturated rings. The third-order valence-electron chi connectivity index (χ3n) is 2.33. The van der Waals surface area contributed by atoms with E-state index in [1.165, 1.54) is 18.2 Å². The predicted octanol–water partition coefficient (Wildman–Crippen LogP) is 0.581. The topological polar surface area (TPSA) is 112 Å². The largest absolute Gasteiger partial charge is 0.466 e. The molecule has 2 N–H and O–H groups in total. The van der Waals surface area contributed by atoms with Crippen LogP contribution < -0.4 is 5.14 Å². The van der Waals surface area contributed by atoms with E-state index in [0.717, 1.165) is 0 Å².